The summed E-state index contributed by atoms with van der Waals surface area (Å²) in [7, 11) is 0. The molecule has 2 saturated heterocycles. The van der Waals surface area contributed by atoms with Crippen LogP contribution in [-0.2, 0) is 23.7 Å². The Balaban J connectivity index is 1.82. The van der Waals surface area contributed by atoms with Crippen molar-refractivity contribution in [2.24, 2.45) is 0 Å². The van der Waals surface area contributed by atoms with E-state index in [1.165, 1.54) is 122 Å². The lowest BCUT2D eigenvalue weighted by molar-refractivity contribution is -0.359. The highest BCUT2D eigenvalue weighted by atomic mass is 16.7. The average molecular weight is 902 g/mol. The van der Waals surface area contributed by atoms with Crippen molar-refractivity contribution in [2.75, 3.05) is 19.8 Å². The number of carbonyl (C=O) groups is 1. The summed E-state index contributed by atoms with van der Waals surface area (Å²) in [4.78, 5) is 13.0. The largest absolute Gasteiger partial charge is 0.394 e. The number of carbonyl (C=O) groups excluding carboxylic acids is 1. The Morgan fingerprint density at radius 1 is 0.556 bits per heavy atom. The predicted molar refractivity (Wildman–Crippen MR) is 245 cm³/mol. The fourth-order valence-corrected chi connectivity index (χ4v) is 8.25. The van der Waals surface area contributed by atoms with Crippen LogP contribution in [0.25, 0.3) is 0 Å². The number of rotatable bonds is 38. The first-order valence-corrected chi connectivity index (χ1v) is 25.1. The summed E-state index contributed by atoms with van der Waals surface area (Å²) in [5.74, 6) is -0.254. The highest BCUT2D eigenvalue weighted by molar-refractivity contribution is 5.76. The molecule has 0 radical (unpaired) electrons. The van der Waals surface area contributed by atoms with E-state index in [2.05, 4.69) is 31.3 Å². The summed E-state index contributed by atoms with van der Waals surface area (Å²) < 4.78 is 22.6. The highest BCUT2D eigenvalue weighted by Gasteiger charge is 2.51. The molecule has 2 rings (SSSR count). The Kier molecular flexibility index (Phi) is 33.4. The molecule has 2 aliphatic rings. The van der Waals surface area contributed by atoms with Crippen molar-refractivity contribution in [2.45, 2.75) is 261 Å². The monoisotopic (exact) mass is 902 g/mol. The van der Waals surface area contributed by atoms with E-state index in [0.29, 0.717) is 12.8 Å². The van der Waals surface area contributed by atoms with E-state index in [9.17, 15) is 45.6 Å². The van der Waals surface area contributed by atoms with Gasteiger partial charge in [0.15, 0.2) is 12.6 Å². The third kappa shape index (κ3) is 24.2. The Bertz CT molecular complexity index is 1160. The molecule has 0 aromatic heterocycles. The van der Waals surface area contributed by atoms with Gasteiger partial charge in [-0.1, -0.05) is 173 Å². The molecule has 2 heterocycles. The number of amides is 1. The van der Waals surface area contributed by atoms with Crippen LogP contribution >= 0.6 is 0 Å². The van der Waals surface area contributed by atoms with Crippen LogP contribution in [0.5, 0.6) is 0 Å². The second-order valence-corrected chi connectivity index (χ2v) is 17.9. The molecule has 12 atom stereocenters. The Morgan fingerprint density at radius 2 is 1.02 bits per heavy atom. The lowest BCUT2D eigenvalue weighted by Crippen LogP contribution is -2.65. The maximum atomic E-state index is 13.0. The zero-order valence-electron chi connectivity index (χ0n) is 39.1. The van der Waals surface area contributed by atoms with E-state index < -0.39 is 86.8 Å². The van der Waals surface area contributed by atoms with Crippen molar-refractivity contribution in [1.29, 1.82) is 0 Å². The molecule has 0 aromatic rings. The maximum absolute atomic E-state index is 13.0. The number of nitrogens with one attached hydrogen (secondary N) is 1. The molecule has 2 aliphatic heterocycles. The van der Waals surface area contributed by atoms with Crippen LogP contribution in [0, 0.1) is 0 Å². The number of hydrogen-bond donors (Lipinski definition) is 9. The Hall–Kier alpha value is -1.53. The summed E-state index contributed by atoms with van der Waals surface area (Å²) in [6.45, 7) is 2.72. The molecular weight excluding hydrogens is 811 g/mol. The molecule has 14 heteroatoms. The van der Waals surface area contributed by atoms with Crippen LogP contribution in [0.1, 0.15) is 187 Å². The first-order valence-electron chi connectivity index (χ1n) is 25.1. The van der Waals surface area contributed by atoms with Crippen molar-refractivity contribution in [3.8, 4) is 0 Å². The summed E-state index contributed by atoms with van der Waals surface area (Å²) in [5, 5.41) is 86.5. The molecule has 14 nitrogen and oxygen atoms in total. The Labute approximate surface area is 379 Å². The van der Waals surface area contributed by atoms with E-state index in [1.54, 1.807) is 6.08 Å². The normalized spacial score (nSPS) is 27.7. The number of aliphatic hydroxyl groups excluding tert-OH is 8. The van der Waals surface area contributed by atoms with Crippen molar-refractivity contribution in [1.82, 2.24) is 5.32 Å². The lowest BCUT2D eigenvalue weighted by atomic mass is 9.97. The van der Waals surface area contributed by atoms with Crippen molar-refractivity contribution >= 4 is 5.91 Å². The first kappa shape index (κ1) is 57.6. The van der Waals surface area contributed by atoms with Crippen molar-refractivity contribution in [3.63, 3.8) is 0 Å². The van der Waals surface area contributed by atoms with Gasteiger partial charge in [-0.3, -0.25) is 4.79 Å². The molecule has 370 valence electrons. The highest BCUT2D eigenvalue weighted by Crippen LogP contribution is 2.30. The minimum absolute atomic E-state index is 0.254. The van der Waals surface area contributed by atoms with E-state index in [-0.39, 0.29) is 18.9 Å². The van der Waals surface area contributed by atoms with Crippen LogP contribution in [0.4, 0.5) is 0 Å². The Morgan fingerprint density at radius 3 is 1.56 bits per heavy atom. The number of hydrogen-bond acceptors (Lipinski definition) is 13. The van der Waals surface area contributed by atoms with Crippen LogP contribution in [0.3, 0.4) is 0 Å². The first-order chi connectivity index (χ1) is 30.6. The van der Waals surface area contributed by atoms with Gasteiger partial charge >= 0.3 is 0 Å². The summed E-state index contributed by atoms with van der Waals surface area (Å²) in [6, 6.07) is -0.924. The molecule has 0 aliphatic carbocycles. The quantitative estimate of drug-likeness (QED) is 0.0250. The molecule has 9 N–H and O–H groups in total. The fourth-order valence-electron chi connectivity index (χ4n) is 8.25. The number of ether oxygens (including phenoxy) is 4. The smallest absolute Gasteiger partial charge is 0.220 e. The second-order valence-electron chi connectivity index (χ2n) is 17.9. The number of unbranched alkanes of at least 4 members (excludes halogenated alkanes) is 23. The van der Waals surface area contributed by atoms with Gasteiger partial charge in [-0.05, 0) is 32.1 Å². The molecule has 63 heavy (non-hydrogen) atoms. The summed E-state index contributed by atoms with van der Waals surface area (Å²) in [5.41, 5.74) is 0. The van der Waals surface area contributed by atoms with Gasteiger partial charge in [-0.15, -0.1) is 0 Å². The van der Waals surface area contributed by atoms with Crippen molar-refractivity contribution < 1.29 is 64.6 Å². The maximum Gasteiger partial charge on any atom is 0.220 e. The summed E-state index contributed by atoms with van der Waals surface area (Å²) >= 11 is 0. The topological polar surface area (TPSA) is 228 Å². The average Bonchev–Trinajstić information content (AvgIpc) is 3.28. The van der Waals surface area contributed by atoms with Gasteiger partial charge in [0, 0.05) is 6.42 Å². The fraction of sp³-hybridized carbons (Fsp3) is 0.898. The van der Waals surface area contributed by atoms with Gasteiger partial charge in [0.05, 0.1) is 32.0 Å². The van der Waals surface area contributed by atoms with E-state index in [0.717, 1.165) is 32.1 Å². The molecule has 1 amide bonds. The van der Waals surface area contributed by atoms with E-state index >= 15 is 0 Å². The third-order valence-corrected chi connectivity index (χ3v) is 12.4. The molecule has 2 fully saturated rings. The van der Waals surface area contributed by atoms with Crippen molar-refractivity contribution in [3.05, 3.63) is 24.3 Å². The van der Waals surface area contributed by atoms with Gasteiger partial charge in [-0.25, -0.2) is 0 Å². The SMILES string of the molecule is CCCCCCCCCCCCCCCCC/C=C/CC/C=C/C(O)C(COC1OC(CO)C(OC2OC(CO)C(O)C(O)C2O)C(O)C1O)NC(=O)CCCCCCCCCC. The van der Waals surface area contributed by atoms with Crippen LogP contribution in [0.2, 0.25) is 0 Å². The molecule has 0 spiro atoms. The zero-order valence-corrected chi connectivity index (χ0v) is 39.1. The summed E-state index contributed by atoms with van der Waals surface area (Å²) in [6.07, 6.45) is 22.5. The molecule has 0 bridgehead atoms. The van der Waals surface area contributed by atoms with Gasteiger partial charge in [-0.2, -0.15) is 0 Å². The minimum atomic E-state index is -1.79. The number of aliphatic hydroxyl groups is 8. The molecular formula is C49H91NO13. The van der Waals surface area contributed by atoms with E-state index in [4.69, 9.17) is 18.9 Å². The molecule has 12 unspecified atom stereocenters. The second kappa shape index (κ2) is 36.6. The van der Waals surface area contributed by atoms with Gasteiger partial charge in [0.1, 0.15) is 48.8 Å². The molecule has 0 aromatic carbocycles. The minimum Gasteiger partial charge on any atom is -0.394 e. The van der Waals surface area contributed by atoms with Crippen LogP contribution in [0.15, 0.2) is 24.3 Å². The predicted octanol–water partition coefficient (Wildman–Crippen LogP) is 6.16. The lowest BCUT2D eigenvalue weighted by Gasteiger charge is -2.46. The van der Waals surface area contributed by atoms with E-state index in [1.807, 2.05) is 6.08 Å². The van der Waals surface area contributed by atoms with Crippen LogP contribution in [-0.4, -0.2) is 140 Å². The zero-order chi connectivity index (χ0) is 46.1. The van der Waals surface area contributed by atoms with Gasteiger partial charge in [0.2, 0.25) is 5.91 Å². The third-order valence-electron chi connectivity index (χ3n) is 12.4. The van der Waals surface area contributed by atoms with Gasteiger partial charge in [0.25, 0.3) is 0 Å². The standard InChI is InChI=1S/C49H91NO13/c1-3-5-7-9-11-13-14-15-16-17-18-19-20-21-22-23-24-25-26-28-30-32-38(53)37(50-41(54)33-31-29-27-12-10-8-6-4-2)36-60-48-46(59)44(57)47(40(35-52)62-48)63-49-45(58)43(56)42(55)39(34-51)61-49/h24-25,30,32,37-40,42-49,51-53,55-59H,3-23,26-29,31,33-36H2,1-2H3,(H,50,54)/b25-24+,32-30+. The van der Waals surface area contributed by atoms with Crippen LogP contribution < -0.4 is 5.32 Å². The number of allylic oxidation sites excluding steroid dienone is 3. The molecule has 0 saturated carbocycles. The van der Waals surface area contributed by atoms with Gasteiger partial charge < -0.3 is 65.1 Å².